The molecule has 0 atom stereocenters. The normalized spacial score (nSPS) is 8.69. The molecule has 1 heterocycles. The molecule has 4 nitrogen and oxygen atoms in total. The maximum absolute atomic E-state index is 5.23. The fourth-order valence-corrected chi connectivity index (χ4v) is 0.591. The fourth-order valence-electron chi connectivity index (χ4n) is 0.591. The van der Waals surface area contributed by atoms with E-state index in [0.29, 0.717) is 6.54 Å². The lowest BCUT2D eigenvalue weighted by molar-refractivity contribution is 1.03. The molecule has 0 aliphatic carbocycles. The Morgan fingerprint density at radius 1 is 1.46 bits per heavy atom. The minimum atomic E-state index is 0. The van der Waals surface area contributed by atoms with Crippen LogP contribution in [-0.2, 0) is 0 Å². The Bertz CT molecular complexity index is 227. The van der Waals surface area contributed by atoms with Crippen molar-refractivity contribution in [2.75, 3.05) is 11.9 Å². The summed E-state index contributed by atoms with van der Waals surface area (Å²) >= 11 is 0. The van der Waals surface area contributed by atoms with Crippen LogP contribution in [0.3, 0.4) is 0 Å². The summed E-state index contributed by atoms with van der Waals surface area (Å²) in [7, 11) is 0. The third-order valence-corrected chi connectivity index (χ3v) is 1.06. The molecule has 1 aromatic heterocycles. The highest BCUT2D eigenvalue weighted by atomic mass is 35.5. The standard InChI is InChI=1S/C7H10N4.2ClH/c8-4-2-5-9-7-3-1-6-10-11-7;;/h1-3,5-6H,4,8H2,(H,9,11);2*1H. The first-order valence-electron chi connectivity index (χ1n) is 3.33. The Morgan fingerprint density at radius 2 is 2.23 bits per heavy atom. The molecule has 0 unspecified atom stereocenters. The molecule has 13 heavy (non-hydrogen) atoms. The van der Waals surface area contributed by atoms with Crippen molar-refractivity contribution < 1.29 is 0 Å². The van der Waals surface area contributed by atoms with Crippen molar-refractivity contribution in [1.29, 1.82) is 0 Å². The SMILES string of the molecule is Cl.Cl.NCC=CNc1cccnn1. The summed E-state index contributed by atoms with van der Waals surface area (Å²) < 4.78 is 0. The van der Waals surface area contributed by atoms with Crippen LogP contribution in [0.1, 0.15) is 0 Å². The van der Waals surface area contributed by atoms with Crippen molar-refractivity contribution in [3.63, 3.8) is 0 Å². The van der Waals surface area contributed by atoms with Gasteiger partial charge in [0.1, 0.15) is 0 Å². The maximum Gasteiger partial charge on any atom is 0.152 e. The number of hydrogen-bond acceptors (Lipinski definition) is 4. The van der Waals surface area contributed by atoms with E-state index < -0.39 is 0 Å². The maximum atomic E-state index is 5.23. The molecule has 0 bridgehead atoms. The number of rotatable bonds is 3. The summed E-state index contributed by atoms with van der Waals surface area (Å²) in [5.74, 6) is 0.720. The smallest absolute Gasteiger partial charge is 0.152 e. The lowest BCUT2D eigenvalue weighted by Gasteiger charge is -1.94. The van der Waals surface area contributed by atoms with E-state index in [0.717, 1.165) is 5.82 Å². The summed E-state index contributed by atoms with van der Waals surface area (Å²) in [6.45, 7) is 0.521. The summed E-state index contributed by atoms with van der Waals surface area (Å²) in [5.41, 5.74) is 5.23. The van der Waals surface area contributed by atoms with E-state index >= 15 is 0 Å². The van der Waals surface area contributed by atoms with Crippen LogP contribution in [0.15, 0.2) is 30.6 Å². The second kappa shape index (κ2) is 9.25. The monoisotopic (exact) mass is 222 g/mol. The molecule has 1 aromatic rings. The Morgan fingerprint density at radius 3 is 2.77 bits per heavy atom. The zero-order valence-corrected chi connectivity index (χ0v) is 8.52. The fraction of sp³-hybridized carbons (Fsp3) is 0.143. The molecule has 0 spiro atoms. The molecule has 3 N–H and O–H groups in total. The van der Waals surface area contributed by atoms with Gasteiger partial charge in [0.2, 0.25) is 0 Å². The van der Waals surface area contributed by atoms with Crippen molar-refractivity contribution in [3.05, 3.63) is 30.6 Å². The van der Waals surface area contributed by atoms with Crippen LogP contribution in [0.5, 0.6) is 0 Å². The molecular weight excluding hydrogens is 211 g/mol. The zero-order chi connectivity index (χ0) is 7.94. The number of halogens is 2. The van der Waals surface area contributed by atoms with Crippen LogP contribution >= 0.6 is 24.8 Å². The van der Waals surface area contributed by atoms with Gasteiger partial charge in [-0.15, -0.1) is 29.9 Å². The summed E-state index contributed by atoms with van der Waals surface area (Å²) in [4.78, 5) is 0. The van der Waals surface area contributed by atoms with Gasteiger partial charge in [0, 0.05) is 12.7 Å². The summed E-state index contributed by atoms with van der Waals surface area (Å²) in [6, 6.07) is 3.64. The molecule has 6 heteroatoms. The van der Waals surface area contributed by atoms with E-state index in [4.69, 9.17) is 5.73 Å². The van der Waals surface area contributed by atoms with E-state index in [2.05, 4.69) is 15.5 Å². The molecule has 1 rings (SSSR count). The predicted molar refractivity (Wildman–Crippen MR) is 58.3 cm³/mol. The number of nitrogens with two attached hydrogens (primary N) is 1. The highest BCUT2D eigenvalue weighted by Crippen LogP contribution is 1.96. The van der Waals surface area contributed by atoms with Crippen molar-refractivity contribution >= 4 is 30.6 Å². The third-order valence-electron chi connectivity index (χ3n) is 1.06. The second-order valence-corrected chi connectivity index (χ2v) is 1.89. The molecule has 0 aliphatic heterocycles. The van der Waals surface area contributed by atoms with Crippen LogP contribution in [0.4, 0.5) is 5.82 Å². The van der Waals surface area contributed by atoms with Gasteiger partial charge in [0.15, 0.2) is 5.82 Å². The number of hydrogen-bond donors (Lipinski definition) is 2. The molecule has 74 valence electrons. The van der Waals surface area contributed by atoms with Gasteiger partial charge in [0.25, 0.3) is 0 Å². The lowest BCUT2D eigenvalue weighted by atomic mass is 10.5. The summed E-state index contributed by atoms with van der Waals surface area (Å²) in [5, 5.41) is 10.4. The Labute approximate surface area is 89.4 Å². The number of nitrogens with zero attached hydrogens (tertiary/aromatic N) is 2. The largest absolute Gasteiger partial charge is 0.345 e. The van der Waals surface area contributed by atoms with Crippen molar-refractivity contribution in [2.45, 2.75) is 0 Å². The third kappa shape index (κ3) is 6.33. The average molecular weight is 223 g/mol. The minimum Gasteiger partial charge on any atom is -0.345 e. The first-order valence-corrected chi connectivity index (χ1v) is 3.33. The van der Waals surface area contributed by atoms with Crippen molar-refractivity contribution in [2.24, 2.45) is 5.73 Å². The zero-order valence-electron chi connectivity index (χ0n) is 6.88. The molecule has 0 radical (unpaired) electrons. The number of anilines is 1. The second-order valence-electron chi connectivity index (χ2n) is 1.89. The molecule has 0 saturated carbocycles. The average Bonchev–Trinajstić information content (AvgIpc) is 2.07. The van der Waals surface area contributed by atoms with Gasteiger partial charge in [-0.1, -0.05) is 6.08 Å². The lowest BCUT2D eigenvalue weighted by Crippen LogP contribution is -1.96. The van der Waals surface area contributed by atoms with Crippen LogP contribution in [0, 0.1) is 0 Å². The van der Waals surface area contributed by atoms with E-state index in [1.165, 1.54) is 0 Å². The Kier molecular flexibility index (Phi) is 10.4. The van der Waals surface area contributed by atoms with E-state index in [-0.39, 0.29) is 24.8 Å². The van der Waals surface area contributed by atoms with Crippen LogP contribution in [0.25, 0.3) is 0 Å². The van der Waals surface area contributed by atoms with Crippen molar-refractivity contribution in [3.8, 4) is 0 Å². The van der Waals surface area contributed by atoms with Gasteiger partial charge < -0.3 is 11.1 Å². The van der Waals surface area contributed by atoms with Gasteiger partial charge in [-0.25, -0.2) is 0 Å². The van der Waals surface area contributed by atoms with Gasteiger partial charge in [-0.3, -0.25) is 0 Å². The van der Waals surface area contributed by atoms with E-state index in [1.807, 2.05) is 12.1 Å². The molecule has 0 amide bonds. The van der Waals surface area contributed by atoms with E-state index in [1.54, 1.807) is 18.5 Å². The van der Waals surface area contributed by atoms with Crippen LogP contribution in [-0.4, -0.2) is 16.7 Å². The van der Waals surface area contributed by atoms with Gasteiger partial charge in [-0.05, 0) is 18.3 Å². The first-order chi connectivity index (χ1) is 5.43. The van der Waals surface area contributed by atoms with Crippen LogP contribution < -0.4 is 11.1 Å². The first kappa shape index (κ1) is 14.7. The quantitative estimate of drug-likeness (QED) is 0.808. The van der Waals surface area contributed by atoms with Gasteiger partial charge in [0.05, 0.1) is 0 Å². The Balaban J connectivity index is 0. The number of aromatic nitrogens is 2. The number of nitrogens with one attached hydrogen (secondary N) is 1. The molecule has 0 aromatic carbocycles. The molecule has 0 aliphatic rings. The molecular formula is C7H12Cl2N4. The van der Waals surface area contributed by atoms with Gasteiger partial charge in [-0.2, -0.15) is 5.10 Å². The minimum absolute atomic E-state index is 0. The topological polar surface area (TPSA) is 63.8 Å². The van der Waals surface area contributed by atoms with E-state index in [9.17, 15) is 0 Å². The summed E-state index contributed by atoms with van der Waals surface area (Å²) in [6.07, 6.45) is 5.16. The highest BCUT2D eigenvalue weighted by Gasteiger charge is 1.84. The van der Waals surface area contributed by atoms with Crippen molar-refractivity contribution in [1.82, 2.24) is 10.2 Å². The van der Waals surface area contributed by atoms with Crippen LogP contribution in [0.2, 0.25) is 0 Å². The molecule has 0 saturated heterocycles. The van der Waals surface area contributed by atoms with Gasteiger partial charge >= 0.3 is 0 Å². The predicted octanol–water partition coefficient (Wildman–Crippen LogP) is 1.20. The Hall–Kier alpha value is -0.840. The molecule has 0 fully saturated rings. The highest BCUT2D eigenvalue weighted by molar-refractivity contribution is 5.85.